The van der Waals surface area contributed by atoms with Gasteiger partial charge in [0, 0.05) is 36.9 Å². The number of morpholine rings is 2. The molecule has 2 rings (SSSR count). The van der Waals surface area contributed by atoms with Crippen LogP contribution in [0.15, 0.2) is 0 Å². The summed E-state index contributed by atoms with van der Waals surface area (Å²) in [7, 11) is 1.55. The van der Waals surface area contributed by atoms with Crippen LogP contribution in [0.25, 0.3) is 0 Å². The summed E-state index contributed by atoms with van der Waals surface area (Å²) in [5, 5.41) is 3.16. The highest BCUT2D eigenvalue weighted by Crippen LogP contribution is 2.07. The molecule has 2 saturated heterocycles. The van der Waals surface area contributed by atoms with E-state index in [4.69, 9.17) is 20.2 Å². The summed E-state index contributed by atoms with van der Waals surface area (Å²) in [6.45, 7) is 5.44. The second kappa shape index (κ2) is 7.41. The Morgan fingerprint density at radius 3 is 1.75 bits per heavy atom. The van der Waals surface area contributed by atoms with Crippen molar-refractivity contribution >= 4 is 19.9 Å². The van der Waals surface area contributed by atoms with Crippen molar-refractivity contribution < 1.29 is 17.9 Å². The van der Waals surface area contributed by atoms with Crippen molar-refractivity contribution in [1.82, 2.24) is 9.62 Å². The van der Waals surface area contributed by atoms with Gasteiger partial charge in [0.15, 0.2) is 0 Å². The molecule has 0 aromatic carbocycles. The second-order valence-electron chi connectivity index (χ2n) is 3.32. The first kappa shape index (κ1) is 14.1. The molecule has 1 N–H and O–H groups in total. The molecule has 16 heavy (non-hydrogen) atoms. The van der Waals surface area contributed by atoms with Crippen molar-refractivity contribution in [2.75, 3.05) is 52.6 Å². The maximum absolute atomic E-state index is 10.6. The molecule has 2 heterocycles. The van der Waals surface area contributed by atoms with Gasteiger partial charge in [-0.1, -0.05) is 0 Å². The highest BCUT2D eigenvalue weighted by molar-refractivity contribution is 8.11. The lowest BCUT2D eigenvalue weighted by atomic mass is 10.5. The van der Waals surface area contributed by atoms with E-state index in [2.05, 4.69) is 5.32 Å². The summed E-state index contributed by atoms with van der Waals surface area (Å²) in [4.78, 5) is 0. The van der Waals surface area contributed by atoms with Gasteiger partial charge in [-0.15, -0.1) is 0 Å². The van der Waals surface area contributed by atoms with Crippen molar-refractivity contribution in [2.45, 2.75) is 0 Å². The third-order valence-corrected chi connectivity index (χ3v) is 3.69. The van der Waals surface area contributed by atoms with E-state index in [0.29, 0.717) is 26.3 Å². The molecule has 0 spiro atoms. The van der Waals surface area contributed by atoms with Crippen LogP contribution >= 0.6 is 10.7 Å². The average molecular weight is 273 g/mol. The monoisotopic (exact) mass is 272 g/mol. The Morgan fingerprint density at radius 1 is 1.00 bits per heavy atom. The molecule has 8 heteroatoms. The standard InChI is InChI=1S/C4H8ClNO3S.C4H9NO/c5-10(7,8)6-1-3-9-4-2-6;1-3-6-4-2-5-1/h1-4H2;5H,1-4H2. The molecular weight excluding hydrogens is 256 g/mol. The minimum absolute atomic E-state index is 0.367. The Labute approximate surface area is 100 Å². The molecule has 0 bridgehead atoms. The summed E-state index contributed by atoms with van der Waals surface area (Å²) >= 11 is 0. The maximum Gasteiger partial charge on any atom is 0.299 e. The zero-order chi connectivity index (χ0) is 11.9. The van der Waals surface area contributed by atoms with Crippen molar-refractivity contribution in [3.8, 4) is 0 Å². The first-order chi connectivity index (χ1) is 7.61. The van der Waals surface area contributed by atoms with Crippen LogP contribution < -0.4 is 5.32 Å². The van der Waals surface area contributed by atoms with Crippen LogP contribution in [0.2, 0.25) is 0 Å². The predicted octanol–water partition coefficient (Wildman–Crippen LogP) is -0.592. The first-order valence-electron chi connectivity index (χ1n) is 5.16. The fourth-order valence-corrected chi connectivity index (χ4v) is 2.28. The normalized spacial score (nSPS) is 23.3. The summed E-state index contributed by atoms with van der Waals surface area (Å²) in [5.41, 5.74) is 0. The molecular formula is C8H17ClN2O4S. The summed E-state index contributed by atoms with van der Waals surface area (Å²) < 4.78 is 32.4. The van der Waals surface area contributed by atoms with E-state index in [1.165, 1.54) is 4.31 Å². The van der Waals surface area contributed by atoms with Crippen molar-refractivity contribution in [1.29, 1.82) is 0 Å². The van der Waals surface area contributed by atoms with Crippen molar-refractivity contribution in [2.24, 2.45) is 0 Å². The van der Waals surface area contributed by atoms with Gasteiger partial charge in [0.2, 0.25) is 0 Å². The molecule has 0 aromatic rings. The topological polar surface area (TPSA) is 67.9 Å². The second-order valence-corrected chi connectivity index (χ2v) is 5.83. The Hall–Kier alpha value is 0.0800. The van der Waals surface area contributed by atoms with Crippen LogP contribution in [0, 0.1) is 0 Å². The van der Waals surface area contributed by atoms with Crippen LogP contribution in [0.4, 0.5) is 0 Å². The van der Waals surface area contributed by atoms with Gasteiger partial charge in [-0.25, -0.2) is 0 Å². The zero-order valence-corrected chi connectivity index (χ0v) is 10.6. The molecule has 0 saturated carbocycles. The van der Waals surface area contributed by atoms with Gasteiger partial charge in [-0.05, 0) is 0 Å². The van der Waals surface area contributed by atoms with Crippen LogP contribution in [0.3, 0.4) is 0 Å². The van der Waals surface area contributed by atoms with E-state index in [-0.39, 0.29) is 0 Å². The van der Waals surface area contributed by atoms with Gasteiger partial charge in [0.25, 0.3) is 9.24 Å². The number of ether oxygens (including phenoxy) is 2. The highest BCUT2D eigenvalue weighted by atomic mass is 35.7. The third kappa shape index (κ3) is 5.97. The summed E-state index contributed by atoms with van der Waals surface area (Å²) in [6, 6.07) is 0. The SMILES string of the molecule is C1COCCN1.O=S(=O)(Cl)N1CCOCC1. The van der Waals surface area contributed by atoms with Gasteiger partial charge >= 0.3 is 0 Å². The lowest BCUT2D eigenvalue weighted by Crippen LogP contribution is -2.38. The van der Waals surface area contributed by atoms with E-state index < -0.39 is 9.24 Å². The van der Waals surface area contributed by atoms with Gasteiger partial charge in [0.05, 0.1) is 26.4 Å². The predicted molar refractivity (Wildman–Crippen MR) is 60.9 cm³/mol. The molecule has 96 valence electrons. The van der Waals surface area contributed by atoms with E-state index in [0.717, 1.165) is 26.3 Å². The van der Waals surface area contributed by atoms with E-state index in [1.807, 2.05) is 0 Å². The lowest BCUT2D eigenvalue weighted by molar-refractivity contribution is 0.0740. The van der Waals surface area contributed by atoms with Gasteiger partial charge in [0.1, 0.15) is 0 Å². The number of nitrogens with zero attached hydrogens (tertiary/aromatic N) is 1. The molecule has 6 nitrogen and oxygen atoms in total. The molecule has 0 aromatic heterocycles. The Kier molecular flexibility index (Phi) is 6.55. The van der Waals surface area contributed by atoms with E-state index >= 15 is 0 Å². The highest BCUT2D eigenvalue weighted by Gasteiger charge is 2.20. The molecule has 0 atom stereocenters. The fourth-order valence-electron chi connectivity index (χ4n) is 1.28. The van der Waals surface area contributed by atoms with Crippen LogP contribution in [-0.4, -0.2) is 65.3 Å². The van der Waals surface area contributed by atoms with Crippen LogP contribution in [-0.2, 0) is 18.7 Å². The molecule has 0 amide bonds. The summed E-state index contributed by atoms with van der Waals surface area (Å²) in [6.07, 6.45) is 0. The number of hydrogen-bond donors (Lipinski definition) is 1. The van der Waals surface area contributed by atoms with E-state index in [9.17, 15) is 8.42 Å². The minimum atomic E-state index is -3.50. The Balaban J connectivity index is 0.000000181. The van der Waals surface area contributed by atoms with Gasteiger partial charge in [-0.2, -0.15) is 12.7 Å². The van der Waals surface area contributed by atoms with Crippen LogP contribution in [0.1, 0.15) is 0 Å². The number of nitrogens with one attached hydrogen (secondary N) is 1. The molecule has 0 unspecified atom stereocenters. The maximum atomic E-state index is 10.6. The Morgan fingerprint density at radius 2 is 1.50 bits per heavy atom. The number of rotatable bonds is 1. The zero-order valence-electron chi connectivity index (χ0n) is 9.02. The Bertz CT molecular complexity index is 264. The lowest BCUT2D eigenvalue weighted by Gasteiger charge is -2.22. The largest absolute Gasteiger partial charge is 0.379 e. The van der Waals surface area contributed by atoms with Crippen molar-refractivity contribution in [3.05, 3.63) is 0 Å². The van der Waals surface area contributed by atoms with Crippen molar-refractivity contribution in [3.63, 3.8) is 0 Å². The minimum Gasteiger partial charge on any atom is -0.379 e. The quantitative estimate of drug-likeness (QED) is 0.646. The first-order valence-corrected chi connectivity index (χ1v) is 7.43. The molecule has 2 aliphatic rings. The van der Waals surface area contributed by atoms with Gasteiger partial charge in [-0.3, -0.25) is 0 Å². The number of halogens is 1. The summed E-state index contributed by atoms with van der Waals surface area (Å²) in [5.74, 6) is 0. The molecule has 2 fully saturated rings. The molecule has 0 aliphatic carbocycles. The number of hydrogen-bond acceptors (Lipinski definition) is 5. The molecule has 2 aliphatic heterocycles. The van der Waals surface area contributed by atoms with E-state index in [1.54, 1.807) is 0 Å². The smallest absolute Gasteiger partial charge is 0.299 e. The third-order valence-electron chi connectivity index (χ3n) is 2.12. The van der Waals surface area contributed by atoms with Crippen LogP contribution in [0.5, 0.6) is 0 Å². The van der Waals surface area contributed by atoms with Gasteiger partial charge < -0.3 is 14.8 Å². The average Bonchev–Trinajstić information content (AvgIpc) is 2.32. The molecule has 0 radical (unpaired) electrons. The fraction of sp³-hybridized carbons (Fsp3) is 1.00.